The van der Waals surface area contributed by atoms with Crippen LogP contribution in [0.2, 0.25) is 0 Å². The molecule has 1 aromatic carbocycles. The minimum absolute atomic E-state index is 0.400. The third kappa shape index (κ3) is 5.34. The van der Waals surface area contributed by atoms with Gasteiger partial charge in [0.1, 0.15) is 0 Å². The van der Waals surface area contributed by atoms with E-state index in [1.54, 1.807) is 0 Å². The molecule has 0 bridgehead atoms. The number of nitrogens with zero attached hydrogens (tertiary/aromatic N) is 1. The van der Waals surface area contributed by atoms with Crippen LogP contribution in [-0.4, -0.2) is 30.7 Å². The number of amides is 1. The molecule has 2 atom stereocenters. The number of hydrogen-bond acceptors (Lipinski definition) is 3. The fraction of sp³-hybridized carbons (Fsp3) is 0.611. The second-order valence-corrected chi connectivity index (χ2v) is 5.76. The molecule has 124 valence electrons. The van der Waals surface area contributed by atoms with Crippen LogP contribution < -0.4 is 5.32 Å². The van der Waals surface area contributed by atoms with Crippen LogP contribution in [0, 0.1) is 0 Å². The van der Waals surface area contributed by atoms with Gasteiger partial charge in [-0.3, -0.25) is 4.90 Å². The summed E-state index contributed by atoms with van der Waals surface area (Å²) in [6, 6.07) is 9.44. The molecule has 0 spiro atoms. The third-order valence-electron chi connectivity index (χ3n) is 4.22. The summed E-state index contributed by atoms with van der Waals surface area (Å²) in [4.78, 5) is 13.6. The van der Waals surface area contributed by atoms with Crippen molar-refractivity contribution in [2.45, 2.75) is 59.2 Å². The van der Waals surface area contributed by atoms with Crippen molar-refractivity contribution in [3.63, 3.8) is 0 Å². The van der Waals surface area contributed by atoms with Crippen molar-refractivity contribution in [3.05, 3.63) is 35.4 Å². The molecule has 22 heavy (non-hydrogen) atoms. The molecule has 4 heteroatoms. The standard InChI is InChI=1S/C18H30N2O2/c1-6-12-20(14(3)7-2)15(4)17-10-8-16(9-11-17)13-19-18(21)22-5/h8-11,14-15H,6-7,12-13H2,1-5H3,(H,19,21)/t14-,15?/m0/s1. The zero-order chi connectivity index (χ0) is 16.5. The number of benzene rings is 1. The number of ether oxygens (including phenoxy) is 1. The Bertz CT molecular complexity index is 445. The smallest absolute Gasteiger partial charge is 0.407 e. The minimum atomic E-state index is -0.400. The van der Waals surface area contributed by atoms with E-state index in [1.807, 2.05) is 0 Å². The monoisotopic (exact) mass is 306 g/mol. The van der Waals surface area contributed by atoms with E-state index in [4.69, 9.17) is 0 Å². The molecule has 0 aromatic heterocycles. The van der Waals surface area contributed by atoms with Gasteiger partial charge >= 0.3 is 6.09 Å². The van der Waals surface area contributed by atoms with Crippen LogP contribution in [0.5, 0.6) is 0 Å². The first-order valence-corrected chi connectivity index (χ1v) is 8.19. The highest BCUT2D eigenvalue weighted by molar-refractivity contribution is 5.66. The fourth-order valence-electron chi connectivity index (χ4n) is 2.64. The predicted molar refractivity (Wildman–Crippen MR) is 90.9 cm³/mol. The van der Waals surface area contributed by atoms with E-state index < -0.39 is 6.09 Å². The summed E-state index contributed by atoms with van der Waals surface area (Å²) >= 11 is 0. The molecule has 1 unspecified atom stereocenters. The van der Waals surface area contributed by atoms with Gasteiger partial charge in [-0.15, -0.1) is 0 Å². The van der Waals surface area contributed by atoms with Crippen molar-refractivity contribution >= 4 is 6.09 Å². The van der Waals surface area contributed by atoms with Gasteiger partial charge in [0.05, 0.1) is 7.11 Å². The maximum absolute atomic E-state index is 11.1. The molecule has 1 amide bonds. The van der Waals surface area contributed by atoms with Crippen molar-refractivity contribution in [3.8, 4) is 0 Å². The van der Waals surface area contributed by atoms with Crippen LogP contribution in [-0.2, 0) is 11.3 Å². The molecule has 0 aliphatic heterocycles. The first-order chi connectivity index (χ1) is 10.5. The Hall–Kier alpha value is -1.55. The van der Waals surface area contributed by atoms with E-state index in [2.05, 4.69) is 66.9 Å². The van der Waals surface area contributed by atoms with Crippen molar-refractivity contribution < 1.29 is 9.53 Å². The van der Waals surface area contributed by atoms with Crippen molar-refractivity contribution in [2.75, 3.05) is 13.7 Å². The number of carbonyl (C=O) groups is 1. The number of rotatable bonds is 8. The quantitative estimate of drug-likeness (QED) is 0.785. The summed E-state index contributed by atoms with van der Waals surface area (Å²) in [5.74, 6) is 0. The highest BCUT2D eigenvalue weighted by Crippen LogP contribution is 2.24. The Morgan fingerprint density at radius 1 is 1.23 bits per heavy atom. The van der Waals surface area contributed by atoms with Crippen LogP contribution >= 0.6 is 0 Å². The molecule has 0 saturated carbocycles. The lowest BCUT2D eigenvalue weighted by Gasteiger charge is -2.34. The fourth-order valence-corrected chi connectivity index (χ4v) is 2.64. The molecule has 1 N–H and O–H groups in total. The molecular formula is C18H30N2O2. The van der Waals surface area contributed by atoms with E-state index in [-0.39, 0.29) is 0 Å². The van der Waals surface area contributed by atoms with Crippen LogP contribution in [0.15, 0.2) is 24.3 Å². The summed E-state index contributed by atoms with van der Waals surface area (Å²) in [5.41, 5.74) is 2.39. The molecule has 0 aliphatic carbocycles. The average molecular weight is 306 g/mol. The van der Waals surface area contributed by atoms with Crippen molar-refractivity contribution in [2.24, 2.45) is 0 Å². The highest BCUT2D eigenvalue weighted by atomic mass is 16.5. The summed E-state index contributed by atoms with van der Waals surface area (Å²) < 4.78 is 4.57. The second kappa shape index (κ2) is 9.46. The van der Waals surface area contributed by atoms with E-state index in [1.165, 1.54) is 12.7 Å². The minimum Gasteiger partial charge on any atom is -0.453 e. The molecule has 0 aliphatic rings. The lowest BCUT2D eigenvalue weighted by atomic mass is 10.0. The highest BCUT2D eigenvalue weighted by Gasteiger charge is 2.19. The zero-order valence-corrected chi connectivity index (χ0v) is 14.6. The van der Waals surface area contributed by atoms with Gasteiger partial charge < -0.3 is 10.1 Å². The summed E-state index contributed by atoms with van der Waals surface area (Å²) in [6.07, 6.45) is 1.92. The maximum atomic E-state index is 11.1. The normalized spacial score (nSPS) is 13.7. The van der Waals surface area contributed by atoms with Crippen LogP contribution in [0.1, 0.15) is 57.7 Å². The summed E-state index contributed by atoms with van der Waals surface area (Å²) in [7, 11) is 1.37. The number of hydrogen-bond donors (Lipinski definition) is 1. The van der Waals surface area contributed by atoms with Crippen molar-refractivity contribution in [1.82, 2.24) is 10.2 Å². The SMILES string of the molecule is CCCN(C(C)c1ccc(CNC(=O)OC)cc1)[C@@H](C)CC. The Morgan fingerprint density at radius 3 is 2.36 bits per heavy atom. The van der Waals surface area contributed by atoms with E-state index in [9.17, 15) is 4.79 Å². The molecule has 0 fully saturated rings. The lowest BCUT2D eigenvalue weighted by Crippen LogP contribution is -2.35. The van der Waals surface area contributed by atoms with E-state index >= 15 is 0 Å². The van der Waals surface area contributed by atoms with Gasteiger partial charge in [0, 0.05) is 18.6 Å². The molecular weight excluding hydrogens is 276 g/mol. The number of nitrogens with one attached hydrogen (secondary N) is 1. The van der Waals surface area contributed by atoms with Gasteiger partial charge in [0.2, 0.25) is 0 Å². The largest absolute Gasteiger partial charge is 0.453 e. The van der Waals surface area contributed by atoms with Crippen LogP contribution in [0.4, 0.5) is 4.79 Å². The predicted octanol–water partition coefficient (Wildman–Crippen LogP) is 4.11. The van der Waals surface area contributed by atoms with E-state index in [0.29, 0.717) is 18.6 Å². The molecule has 0 radical (unpaired) electrons. The zero-order valence-electron chi connectivity index (χ0n) is 14.6. The van der Waals surface area contributed by atoms with E-state index in [0.717, 1.165) is 24.9 Å². The number of carbonyl (C=O) groups excluding carboxylic acids is 1. The van der Waals surface area contributed by atoms with Gasteiger partial charge in [-0.2, -0.15) is 0 Å². The molecule has 1 rings (SSSR count). The molecule has 0 saturated heterocycles. The van der Waals surface area contributed by atoms with Crippen LogP contribution in [0.3, 0.4) is 0 Å². The summed E-state index contributed by atoms with van der Waals surface area (Å²) in [6.45, 7) is 10.6. The average Bonchev–Trinajstić information content (AvgIpc) is 2.56. The van der Waals surface area contributed by atoms with Gasteiger partial charge in [-0.05, 0) is 44.4 Å². The van der Waals surface area contributed by atoms with Gasteiger partial charge in [-0.25, -0.2) is 4.79 Å². The summed E-state index contributed by atoms with van der Waals surface area (Å²) in [5, 5.41) is 2.70. The Labute approximate surface area is 134 Å². The van der Waals surface area contributed by atoms with Gasteiger partial charge in [0.15, 0.2) is 0 Å². The number of methoxy groups -OCH3 is 1. The van der Waals surface area contributed by atoms with Crippen molar-refractivity contribution in [1.29, 1.82) is 0 Å². The second-order valence-electron chi connectivity index (χ2n) is 5.76. The first-order valence-electron chi connectivity index (χ1n) is 8.19. The van der Waals surface area contributed by atoms with Gasteiger partial charge in [0.25, 0.3) is 0 Å². The Morgan fingerprint density at radius 2 is 1.86 bits per heavy atom. The molecule has 0 heterocycles. The maximum Gasteiger partial charge on any atom is 0.407 e. The topological polar surface area (TPSA) is 41.6 Å². The Balaban J connectivity index is 2.72. The van der Waals surface area contributed by atoms with Crippen LogP contribution in [0.25, 0.3) is 0 Å². The lowest BCUT2D eigenvalue weighted by molar-refractivity contribution is 0.150. The number of alkyl carbamates (subject to hydrolysis) is 1. The first kappa shape index (κ1) is 18.5. The Kier molecular flexibility index (Phi) is 7.96. The van der Waals surface area contributed by atoms with Gasteiger partial charge in [-0.1, -0.05) is 38.1 Å². The molecule has 1 aromatic rings. The third-order valence-corrected chi connectivity index (χ3v) is 4.22. The molecule has 4 nitrogen and oxygen atoms in total.